The van der Waals surface area contributed by atoms with Crippen molar-refractivity contribution in [1.82, 2.24) is 4.98 Å². The van der Waals surface area contributed by atoms with E-state index in [4.69, 9.17) is 4.79 Å². The summed E-state index contributed by atoms with van der Waals surface area (Å²) in [6.07, 6.45) is 4.89. The number of hydrogen-bond acceptors (Lipinski definition) is 3. The van der Waals surface area contributed by atoms with Crippen LogP contribution in [0.2, 0.25) is 0 Å². The molecule has 11 heavy (non-hydrogen) atoms. The molecule has 0 aliphatic rings. The van der Waals surface area contributed by atoms with Crippen molar-refractivity contribution >= 4 is 6.08 Å². The molecule has 0 atom stereocenters. The Morgan fingerprint density at radius 2 is 2.00 bits per heavy atom. The first kappa shape index (κ1) is 9.53. The van der Waals surface area contributed by atoms with Gasteiger partial charge in [-0.1, -0.05) is 6.07 Å². The summed E-state index contributed by atoms with van der Waals surface area (Å²) >= 11 is 0. The van der Waals surface area contributed by atoms with E-state index in [9.17, 15) is 0 Å². The number of hydrogen-bond donors (Lipinski definition) is 0. The number of aliphatic imine (C=N–C) groups is 1. The summed E-state index contributed by atoms with van der Waals surface area (Å²) < 4.78 is 0. The van der Waals surface area contributed by atoms with Gasteiger partial charge < -0.3 is 0 Å². The molecule has 0 unspecified atom stereocenters. The third kappa shape index (κ3) is 8.53. The first-order valence-corrected chi connectivity index (χ1v) is 3.30. The molecule has 0 bridgehead atoms. The van der Waals surface area contributed by atoms with E-state index in [-0.39, 0.29) is 0 Å². The molecule has 0 amide bonds. The Morgan fingerprint density at radius 1 is 1.36 bits per heavy atom. The molecule has 58 valence electrons. The fraction of sp³-hybridized carbons (Fsp3) is 0.250. The highest BCUT2D eigenvalue weighted by molar-refractivity contribution is 5.32. The van der Waals surface area contributed by atoms with Crippen molar-refractivity contribution in [3.05, 3.63) is 30.6 Å². The first-order chi connectivity index (χ1) is 5.41. The Morgan fingerprint density at radius 3 is 2.09 bits per heavy atom. The van der Waals surface area contributed by atoms with Crippen LogP contribution in [0.15, 0.2) is 35.6 Å². The lowest BCUT2D eigenvalue weighted by atomic mass is 10.5. The van der Waals surface area contributed by atoms with E-state index in [0.29, 0.717) is 6.54 Å². The molecule has 0 fully saturated rings. The third-order valence-corrected chi connectivity index (χ3v) is 0.789. The molecule has 1 aromatic heterocycles. The highest BCUT2D eigenvalue weighted by Gasteiger charge is 1.58. The SMILES string of the molecule is CCN=C=O.c1ccncc1. The summed E-state index contributed by atoms with van der Waals surface area (Å²) in [7, 11) is 0. The molecule has 1 rings (SSSR count). The van der Waals surface area contributed by atoms with E-state index < -0.39 is 0 Å². The van der Waals surface area contributed by atoms with Crippen LogP contribution < -0.4 is 0 Å². The zero-order valence-corrected chi connectivity index (χ0v) is 6.40. The maximum Gasteiger partial charge on any atom is 0.234 e. The highest BCUT2D eigenvalue weighted by atomic mass is 16.1. The van der Waals surface area contributed by atoms with E-state index in [1.807, 2.05) is 18.2 Å². The molecule has 1 heterocycles. The van der Waals surface area contributed by atoms with Gasteiger partial charge in [-0.2, -0.15) is 0 Å². The summed E-state index contributed by atoms with van der Waals surface area (Å²) in [5, 5.41) is 0. The summed E-state index contributed by atoms with van der Waals surface area (Å²) in [5.74, 6) is 0. The van der Waals surface area contributed by atoms with E-state index >= 15 is 0 Å². The normalized spacial score (nSPS) is 7.00. The van der Waals surface area contributed by atoms with Gasteiger partial charge in [0.05, 0.1) is 0 Å². The van der Waals surface area contributed by atoms with E-state index in [1.165, 1.54) is 6.08 Å². The Hall–Kier alpha value is -1.47. The molecule has 3 nitrogen and oxygen atoms in total. The first-order valence-electron chi connectivity index (χ1n) is 3.30. The monoisotopic (exact) mass is 150 g/mol. The Bertz CT molecular complexity index is 178. The maximum absolute atomic E-state index is 9.11. The molecule has 0 N–H and O–H groups in total. The van der Waals surface area contributed by atoms with Gasteiger partial charge in [-0.3, -0.25) is 4.98 Å². The van der Waals surface area contributed by atoms with Crippen LogP contribution in [0.25, 0.3) is 0 Å². The van der Waals surface area contributed by atoms with Crippen LogP contribution in [-0.4, -0.2) is 17.6 Å². The quantitative estimate of drug-likeness (QED) is 0.449. The van der Waals surface area contributed by atoms with Gasteiger partial charge in [0.25, 0.3) is 0 Å². The fourth-order valence-corrected chi connectivity index (χ4v) is 0.377. The van der Waals surface area contributed by atoms with Gasteiger partial charge in [0, 0.05) is 18.9 Å². The van der Waals surface area contributed by atoms with Gasteiger partial charge >= 0.3 is 0 Å². The molecule has 0 aromatic carbocycles. The average Bonchev–Trinajstić information content (AvgIpc) is 2.10. The molecule has 0 spiro atoms. The van der Waals surface area contributed by atoms with Gasteiger partial charge in [0.2, 0.25) is 6.08 Å². The number of rotatable bonds is 1. The van der Waals surface area contributed by atoms with Crippen LogP contribution >= 0.6 is 0 Å². The molecule has 0 aliphatic heterocycles. The zero-order chi connectivity index (χ0) is 8.36. The number of pyridine rings is 1. The Labute approximate surface area is 65.8 Å². The van der Waals surface area contributed by atoms with Crippen LogP contribution in [-0.2, 0) is 4.79 Å². The van der Waals surface area contributed by atoms with E-state index in [2.05, 4.69) is 9.98 Å². The lowest BCUT2D eigenvalue weighted by Crippen LogP contribution is -1.58. The Kier molecular flexibility index (Phi) is 7.39. The largest absolute Gasteiger partial charge is 0.265 e. The molecule has 0 saturated heterocycles. The van der Waals surface area contributed by atoms with Crippen molar-refractivity contribution in [2.45, 2.75) is 6.92 Å². The lowest BCUT2D eigenvalue weighted by Gasteiger charge is -1.70. The van der Waals surface area contributed by atoms with Crippen LogP contribution in [0.1, 0.15) is 6.92 Å². The smallest absolute Gasteiger partial charge is 0.234 e. The van der Waals surface area contributed by atoms with E-state index in [1.54, 1.807) is 19.3 Å². The maximum atomic E-state index is 9.11. The standard InChI is InChI=1S/C5H5N.C3H5NO/c1-2-4-6-5-3-1;1-2-4-3-5/h1-5H;2H2,1H3. The molecule has 0 aliphatic carbocycles. The van der Waals surface area contributed by atoms with Gasteiger partial charge in [0.1, 0.15) is 0 Å². The van der Waals surface area contributed by atoms with Crippen LogP contribution in [0.5, 0.6) is 0 Å². The minimum atomic E-state index is 0.545. The van der Waals surface area contributed by atoms with Crippen LogP contribution in [0.3, 0.4) is 0 Å². The number of nitrogens with zero attached hydrogens (tertiary/aromatic N) is 2. The van der Waals surface area contributed by atoms with E-state index in [0.717, 1.165) is 0 Å². The van der Waals surface area contributed by atoms with Gasteiger partial charge in [-0.25, -0.2) is 9.79 Å². The van der Waals surface area contributed by atoms with Crippen molar-refractivity contribution in [3.63, 3.8) is 0 Å². The predicted molar refractivity (Wildman–Crippen MR) is 42.9 cm³/mol. The van der Waals surface area contributed by atoms with Crippen molar-refractivity contribution in [3.8, 4) is 0 Å². The number of carbonyl (C=O) groups excluding carboxylic acids is 1. The van der Waals surface area contributed by atoms with Gasteiger partial charge in [-0.05, 0) is 19.1 Å². The fourth-order valence-electron chi connectivity index (χ4n) is 0.377. The average molecular weight is 150 g/mol. The molecule has 3 heteroatoms. The highest BCUT2D eigenvalue weighted by Crippen LogP contribution is 1.73. The zero-order valence-electron chi connectivity index (χ0n) is 6.40. The Balaban J connectivity index is 0.000000187. The minimum absolute atomic E-state index is 0.545. The topological polar surface area (TPSA) is 42.3 Å². The van der Waals surface area contributed by atoms with Crippen molar-refractivity contribution in [1.29, 1.82) is 0 Å². The summed E-state index contributed by atoms with van der Waals surface area (Å²) in [6, 6.07) is 5.72. The van der Waals surface area contributed by atoms with Crippen LogP contribution in [0, 0.1) is 0 Å². The van der Waals surface area contributed by atoms with Crippen molar-refractivity contribution < 1.29 is 4.79 Å². The lowest BCUT2D eigenvalue weighted by molar-refractivity contribution is 0.563. The second-order valence-electron chi connectivity index (χ2n) is 1.59. The van der Waals surface area contributed by atoms with Crippen LogP contribution in [0.4, 0.5) is 0 Å². The predicted octanol–water partition coefficient (Wildman–Crippen LogP) is 1.42. The summed E-state index contributed by atoms with van der Waals surface area (Å²) in [4.78, 5) is 16.1. The van der Waals surface area contributed by atoms with Gasteiger partial charge in [0.15, 0.2) is 0 Å². The summed E-state index contributed by atoms with van der Waals surface area (Å²) in [5.41, 5.74) is 0. The molecule has 0 radical (unpaired) electrons. The second-order valence-corrected chi connectivity index (χ2v) is 1.59. The molecule has 1 aromatic rings. The summed E-state index contributed by atoms with van der Waals surface area (Å²) in [6.45, 7) is 2.33. The second kappa shape index (κ2) is 8.53. The minimum Gasteiger partial charge on any atom is -0.265 e. The van der Waals surface area contributed by atoms with Gasteiger partial charge in [-0.15, -0.1) is 0 Å². The third-order valence-electron chi connectivity index (χ3n) is 0.789. The number of aromatic nitrogens is 1. The molecule has 0 saturated carbocycles. The van der Waals surface area contributed by atoms with Crippen molar-refractivity contribution in [2.75, 3.05) is 6.54 Å². The van der Waals surface area contributed by atoms with Crippen molar-refractivity contribution in [2.24, 2.45) is 4.99 Å². The molecular formula is C8H10N2O. The molecular weight excluding hydrogens is 140 g/mol. The number of isocyanates is 1.